The van der Waals surface area contributed by atoms with Crippen LogP contribution in [0.1, 0.15) is 23.7 Å². The Morgan fingerprint density at radius 1 is 1.04 bits per heavy atom. The fraction of sp³-hybridized carbons (Fsp3) is 0.400. The Kier molecular flexibility index (Phi) is 6.57. The second-order valence-corrected chi connectivity index (χ2v) is 6.77. The SMILES string of the molecule is CC1(C(=O)N2CCN(CC(=O)c3ccccc3)CC2)C=CC=CC1.Cl. The quantitative estimate of drug-likeness (QED) is 0.775. The van der Waals surface area contributed by atoms with Crippen molar-refractivity contribution in [2.45, 2.75) is 13.3 Å². The summed E-state index contributed by atoms with van der Waals surface area (Å²) in [4.78, 5) is 29.1. The average Bonchev–Trinajstić information content (AvgIpc) is 2.63. The van der Waals surface area contributed by atoms with Gasteiger partial charge in [0.2, 0.25) is 5.91 Å². The molecule has 1 aliphatic carbocycles. The smallest absolute Gasteiger partial charge is 0.232 e. The minimum absolute atomic E-state index is 0. The Balaban J connectivity index is 0.00000225. The highest BCUT2D eigenvalue weighted by Crippen LogP contribution is 2.30. The maximum atomic E-state index is 12.8. The largest absolute Gasteiger partial charge is 0.339 e. The summed E-state index contributed by atoms with van der Waals surface area (Å²) in [7, 11) is 0. The number of piperazine rings is 1. The summed E-state index contributed by atoms with van der Waals surface area (Å²) < 4.78 is 0. The zero-order chi connectivity index (χ0) is 17.0. The molecule has 0 radical (unpaired) electrons. The fourth-order valence-electron chi connectivity index (χ4n) is 3.27. The molecule has 1 amide bonds. The monoisotopic (exact) mass is 360 g/mol. The predicted molar refractivity (Wildman–Crippen MR) is 102 cm³/mol. The van der Waals surface area contributed by atoms with E-state index in [0.717, 1.165) is 25.1 Å². The Morgan fingerprint density at radius 3 is 2.32 bits per heavy atom. The number of nitrogens with zero attached hydrogens (tertiary/aromatic N) is 2. The first-order valence-electron chi connectivity index (χ1n) is 8.53. The fourth-order valence-corrected chi connectivity index (χ4v) is 3.27. The van der Waals surface area contributed by atoms with Crippen LogP contribution in [0.25, 0.3) is 0 Å². The molecule has 134 valence electrons. The first-order chi connectivity index (χ1) is 11.6. The van der Waals surface area contributed by atoms with Crippen molar-refractivity contribution >= 4 is 24.1 Å². The van der Waals surface area contributed by atoms with Gasteiger partial charge in [-0.1, -0.05) is 54.6 Å². The van der Waals surface area contributed by atoms with Crippen LogP contribution < -0.4 is 0 Å². The van der Waals surface area contributed by atoms with Gasteiger partial charge in [-0.15, -0.1) is 12.4 Å². The summed E-state index contributed by atoms with van der Waals surface area (Å²) in [6, 6.07) is 9.39. The van der Waals surface area contributed by atoms with Crippen molar-refractivity contribution in [1.29, 1.82) is 0 Å². The lowest BCUT2D eigenvalue weighted by atomic mass is 9.82. The molecule has 0 spiro atoms. The van der Waals surface area contributed by atoms with Gasteiger partial charge in [-0.3, -0.25) is 14.5 Å². The number of hydrogen-bond donors (Lipinski definition) is 0. The number of Topliss-reactive ketones (excluding diaryl/α,β-unsaturated/α-hetero) is 1. The predicted octanol–water partition coefficient (Wildman–Crippen LogP) is 2.96. The Labute approximate surface area is 155 Å². The van der Waals surface area contributed by atoms with Crippen LogP contribution >= 0.6 is 12.4 Å². The van der Waals surface area contributed by atoms with Gasteiger partial charge in [-0.2, -0.15) is 0 Å². The molecule has 1 fully saturated rings. The van der Waals surface area contributed by atoms with E-state index >= 15 is 0 Å². The first kappa shape index (κ1) is 19.4. The number of amides is 1. The van der Waals surface area contributed by atoms with Crippen molar-refractivity contribution in [2.75, 3.05) is 32.7 Å². The third-order valence-electron chi connectivity index (χ3n) is 4.86. The van der Waals surface area contributed by atoms with Crippen molar-refractivity contribution in [2.24, 2.45) is 5.41 Å². The lowest BCUT2D eigenvalue weighted by Crippen LogP contribution is -2.53. The maximum absolute atomic E-state index is 12.8. The van der Waals surface area contributed by atoms with E-state index in [1.807, 2.05) is 66.5 Å². The highest BCUT2D eigenvalue weighted by Gasteiger charge is 2.35. The number of carbonyl (C=O) groups is 2. The van der Waals surface area contributed by atoms with E-state index in [-0.39, 0.29) is 24.1 Å². The zero-order valence-corrected chi connectivity index (χ0v) is 15.4. The Hall–Kier alpha value is -1.91. The van der Waals surface area contributed by atoms with E-state index in [2.05, 4.69) is 4.90 Å². The number of halogens is 1. The molecule has 0 saturated carbocycles. The van der Waals surface area contributed by atoms with E-state index in [0.29, 0.717) is 19.6 Å². The van der Waals surface area contributed by atoms with Gasteiger partial charge < -0.3 is 4.90 Å². The number of allylic oxidation sites excluding steroid dienone is 3. The zero-order valence-electron chi connectivity index (χ0n) is 14.6. The van der Waals surface area contributed by atoms with Crippen LogP contribution in [-0.2, 0) is 4.79 Å². The summed E-state index contributed by atoms with van der Waals surface area (Å²) in [5.41, 5.74) is 0.333. The van der Waals surface area contributed by atoms with Gasteiger partial charge in [0, 0.05) is 31.7 Å². The van der Waals surface area contributed by atoms with E-state index in [1.165, 1.54) is 0 Å². The van der Waals surface area contributed by atoms with Crippen molar-refractivity contribution in [3.63, 3.8) is 0 Å². The van der Waals surface area contributed by atoms with Gasteiger partial charge in [0.05, 0.1) is 12.0 Å². The molecule has 1 heterocycles. The second kappa shape index (κ2) is 8.45. The molecule has 1 atom stereocenters. The van der Waals surface area contributed by atoms with Crippen molar-refractivity contribution in [3.8, 4) is 0 Å². The highest BCUT2D eigenvalue weighted by atomic mass is 35.5. The summed E-state index contributed by atoms with van der Waals surface area (Å²) in [5, 5.41) is 0. The van der Waals surface area contributed by atoms with Crippen LogP contribution in [0.15, 0.2) is 54.6 Å². The third kappa shape index (κ3) is 4.59. The molecule has 0 N–H and O–H groups in total. The molecule has 1 aliphatic heterocycles. The molecule has 4 nitrogen and oxygen atoms in total. The molecule has 3 rings (SSSR count). The van der Waals surface area contributed by atoms with Gasteiger partial charge in [-0.25, -0.2) is 0 Å². The Morgan fingerprint density at radius 2 is 1.72 bits per heavy atom. The third-order valence-corrected chi connectivity index (χ3v) is 4.86. The molecule has 0 aromatic heterocycles. The minimum Gasteiger partial charge on any atom is -0.339 e. The second-order valence-electron chi connectivity index (χ2n) is 6.77. The molecular formula is C20H25ClN2O2. The maximum Gasteiger partial charge on any atom is 0.232 e. The molecule has 2 aliphatic rings. The van der Waals surface area contributed by atoms with Crippen LogP contribution in [0.5, 0.6) is 0 Å². The van der Waals surface area contributed by atoms with Crippen molar-refractivity contribution in [3.05, 3.63) is 60.2 Å². The van der Waals surface area contributed by atoms with Gasteiger partial charge in [0.1, 0.15) is 0 Å². The molecule has 1 aromatic carbocycles. The van der Waals surface area contributed by atoms with Crippen LogP contribution in [0.2, 0.25) is 0 Å². The Bertz CT molecular complexity index is 664. The number of ketones is 1. The highest BCUT2D eigenvalue weighted by molar-refractivity contribution is 5.97. The van der Waals surface area contributed by atoms with Crippen LogP contribution in [0, 0.1) is 5.41 Å². The topological polar surface area (TPSA) is 40.6 Å². The van der Waals surface area contributed by atoms with E-state index in [1.54, 1.807) is 0 Å². The molecule has 1 unspecified atom stereocenters. The molecule has 25 heavy (non-hydrogen) atoms. The molecule has 1 aromatic rings. The van der Waals surface area contributed by atoms with Crippen LogP contribution in [0.3, 0.4) is 0 Å². The van der Waals surface area contributed by atoms with Gasteiger partial charge >= 0.3 is 0 Å². The van der Waals surface area contributed by atoms with E-state index in [9.17, 15) is 9.59 Å². The van der Waals surface area contributed by atoms with Crippen molar-refractivity contribution in [1.82, 2.24) is 9.80 Å². The minimum atomic E-state index is -0.420. The molecule has 5 heteroatoms. The van der Waals surface area contributed by atoms with Crippen LogP contribution in [-0.4, -0.2) is 54.2 Å². The number of rotatable bonds is 4. The average molecular weight is 361 g/mol. The summed E-state index contributed by atoms with van der Waals surface area (Å²) >= 11 is 0. The summed E-state index contributed by atoms with van der Waals surface area (Å²) in [6.07, 6.45) is 8.75. The number of carbonyl (C=O) groups excluding carboxylic acids is 2. The van der Waals surface area contributed by atoms with Crippen molar-refractivity contribution < 1.29 is 9.59 Å². The molecule has 1 saturated heterocycles. The summed E-state index contributed by atoms with van der Waals surface area (Å²) in [5.74, 6) is 0.333. The number of benzene rings is 1. The van der Waals surface area contributed by atoms with E-state index in [4.69, 9.17) is 0 Å². The lowest BCUT2D eigenvalue weighted by Gasteiger charge is -2.38. The van der Waals surface area contributed by atoms with Gasteiger partial charge in [0.15, 0.2) is 5.78 Å². The standard InChI is InChI=1S/C20H24N2O2.ClH/c1-20(10-6-3-7-11-20)19(24)22-14-12-21(13-15-22)16-18(23)17-8-4-2-5-9-17;/h2-10H,11-16H2,1H3;1H. The molecular weight excluding hydrogens is 336 g/mol. The van der Waals surface area contributed by atoms with Gasteiger partial charge in [-0.05, 0) is 13.3 Å². The van der Waals surface area contributed by atoms with E-state index < -0.39 is 5.41 Å². The van der Waals surface area contributed by atoms with Gasteiger partial charge in [0.25, 0.3) is 0 Å². The lowest BCUT2D eigenvalue weighted by molar-refractivity contribution is -0.140. The number of hydrogen-bond acceptors (Lipinski definition) is 3. The summed E-state index contributed by atoms with van der Waals surface area (Å²) in [6.45, 7) is 5.30. The first-order valence-corrected chi connectivity index (χ1v) is 8.53. The normalized spacial score (nSPS) is 23.2. The molecule has 0 bridgehead atoms. The van der Waals surface area contributed by atoms with Crippen LogP contribution in [0.4, 0.5) is 0 Å².